The molecular weight excluding hydrogens is 256 g/mol. The maximum absolute atomic E-state index is 12.1. The van der Waals surface area contributed by atoms with Crippen LogP contribution in [0.2, 0.25) is 0 Å². The summed E-state index contributed by atoms with van der Waals surface area (Å²) in [5.41, 5.74) is 0. The Labute approximate surface area is 119 Å². The summed E-state index contributed by atoms with van der Waals surface area (Å²) < 4.78 is 5.25. The standard InChI is InChI=1S/C15H22N2O3/c1-13(18)17(12-14-6-5-11-20-14)10-7-15(19)16-8-3-2-4-9-16/h5-6,11H,2-4,7-10,12H2,1H3. The van der Waals surface area contributed by atoms with E-state index in [1.165, 1.54) is 13.3 Å². The molecule has 1 aromatic heterocycles. The van der Waals surface area contributed by atoms with Gasteiger partial charge in [-0.05, 0) is 31.4 Å². The summed E-state index contributed by atoms with van der Waals surface area (Å²) in [4.78, 5) is 27.3. The number of piperidine rings is 1. The summed E-state index contributed by atoms with van der Waals surface area (Å²) in [6.45, 7) is 4.11. The Bertz CT molecular complexity index is 436. The van der Waals surface area contributed by atoms with E-state index in [4.69, 9.17) is 4.42 Å². The van der Waals surface area contributed by atoms with Gasteiger partial charge in [0.2, 0.25) is 11.8 Å². The van der Waals surface area contributed by atoms with Gasteiger partial charge < -0.3 is 14.2 Å². The third kappa shape index (κ3) is 4.11. The molecule has 2 heterocycles. The number of likely N-dealkylation sites (tertiary alicyclic amines) is 1. The Balaban J connectivity index is 1.82. The van der Waals surface area contributed by atoms with Gasteiger partial charge in [0.25, 0.3) is 0 Å². The van der Waals surface area contributed by atoms with Gasteiger partial charge in [0.1, 0.15) is 5.76 Å². The van der Waals surface area contributed by atoms with Crippen molar-refractivity contribution in [2.45, 2.75) is 39.2 Å². The number of furan rings is 1. The van der Waals surface area contributed by atoms with E-state index in [2.05, 4.69) is 0 Å². The predicted octanol–water partition coefficient (Wildman–Crippen LogP) is 2.03. The molecule has 2 rings (SSSR count). The van der Waals surface area contributed by atoms with Crippen LogP contribution < -0.4 is 0 Å². The van der Waals surface area contributed by atoms with Gasteiger partial charge in [0, 0.05) is 33.0 Å². The van der Waals surface area contributed by atoms with Gasteiger partial charge in [-0.1, -0.05) is 0 Å². The fourth-order valence-electron chi connectivity index (χ4n) is 2.47. The van der Waals surface area contributed by atoms with Gasteiger partial charge in [-0.15, -0.1) is 0 Å². The first kappa shape index (κ1) is 14.6. The minimum absolute atomic E-state index is 0.0344. The van der Waals surface area contributed by atoms with Crippen molar-refractivity contribution >= 4 is 11.8 Å². The number of rotatable bonds is 5. The van der Waals surface area contributed by atoms with E-state index in [0.29, 0.717) is 19.5 Å². The van der Waals surface area contributed by atoms with Crippen LogP contribution in [0.25, 0.3) is 0 Å². The molecule has 0 saturated carbocycles. The fraction of sp³-hybridized carbons (Fsp3) is 0.600. The molecule has 0 N–H and O–H groups in total. The SMILES string of the molecule is CC(=O)N(CCC(=O)N1CCCCC1)Cc1ccco1. The number of carbonyl (C=O) groups excluding carboxylic acids is 2. The van der Waals surface area contributed by atoms with Crippen molar-refractivity contribution in [2.75, 3.05) is 19.6 Å². The molecule has 1 saturated heterocycles. The molecule has 20 heavy (non-hydrogen) atoms. The Kier molecular flexibility index (Phi) is 5.21. The third-order valence-corrected chi connectivity index (χ3v) is 3.68. The summed E-state index contributed by atoms with van der Waals surface area (Å²) in [7, 11) is 0. The van der Waals surface area contributed by atoms with E-state index in [1.54, 1.807) is 17.2 Å². The molecule has 110 valence electrons. The van der Waals surface area contributed by atoms with E-state index in [9.17, 15) is 9.59 Å². The molecule has 0 bridgehead atoms. The zero-order valence-electron chi connectivity index (χ0n) is 12.0. The van der Waals surface area contributed by atoms with Crippen molar-refractivity contribution in [3.05, 3.63) is 24.2 Å². The number of carbonyl (C=O) groups is 2. The first-order chi connectivity index (χ1) is 9.66. The summed E-state index contributed by atoms with van der Waals surface area (Å²) >= 11 is 0. The molecule has 0 atom stereocenters. The second-order valence-electron chi connectivity index (χ2n) is 5.21. The lowest BCUT2D eigenvalue weighted by Gasteiger charge is -2.28. The van der Waals surface area contributed by atoms with Crippen molar-refractivity contribution in [1.29, 1.82) is 0 Å². The van der Waals surface area contributed by atoms with Crippen LogP contribution in [-0.4, -0.2) is 41.2 Å². The average Bonchev–Trinajstić information content (AvgIpc) is 2.96. The zero-order chi connectivity index (χ0) is 14.4. The highest BCUT2D eigenvalue weighted by Crippen LogP contribution is 2.11. The minimum Gasteiger partial charge on any atom is -0.467 e. The molecular formula is C15H22N2O3. The van der Waals surface area contributed by atoms with Gasteiger partial charge in [0.05, 0.1) is 12.8 Å². The summed E-state index contributed by atoms with van der Waals surface area (Å²) in [5, 5.41) is 0. The van der Waals surface area contributed by atoms with Crippen LogP contribution in [0.15, 0.2) is 22.8 Å². The van der Waals surface area contributed by atoms with Crippen LogP contribution in [-0.2, 0) is 16.1 Å². The lowest BCUT2D eigenvalue weighted by Crippen LogP contribution is -2.38. The maximum atomic E-state index is 12.1. The van der Waals surface area contributed by atoms with Crippen LogP contribution in [0.1, 0.15) is 38.4 Å². The number of amides is 2. The molecule has 1 aliphatic heterocycles. The molecule has 2 amide bonds. The van der Waals surface area contributed by atoms with Crippen LogP contribution >= 0.6 is 0 Å². The molecule has 1 aromatic rings. The van der Waals surface area contributed by atoms with Gasteiger partial charge in [-0.3, -0.25) is 9.59 Å². The Morgan fingerprint density at radius 2 is 2.05 bits per heavy atom. The van der Waals surface area contributed by atoms with Gasteiger partial charge in [-0.2, -0.15) is 0 Å². The second kappa shape index (κ2) is 7.12. The number of hydrogen-bond donors (Lipinski definition) is 0. The molecule has 0 aromatic carbocycles. The average molecular weight is 278 g/mol. The highest BCUT2D eigenvalue weighted by molar-refractivity contribution is 5.78. The monoisotopic (exact) mass is 278 g/mol. The minimum atomic E-state index is -0.0344. The molecule has 1 aliphatic rings. The molecule has 0 spiro atoms. The summed E-state index contributed by atoms with van der Waals surface area (Å²) in [6.07, 6.45) is 5.37. The summed E-state index contributed by atoms with van der Waals surface area (Å²) in [5.74, 6) is 0.855. The van der Waals surface area contributed by atoms with Crippen molar-refractivity contribution < 1.29 is 14.0 Å². The van der Waals surface area contributed by atoms with Crippen molar-refractivity contribution in [1.82, 2.24) is 9.80 Å². The summed E-state index contributed by atoms with van der Waals surface area (Å²) in [6, 6.07) is 3.63. The van der Waals surface area contributed by atoms with E-state index in [0.717, 1.165) is 31.7 Å². The van der Waals surface area contributed by atoms with E-state index in [-0.39, 0.29) is 11.8 Å². The van der Waals surface area contributed by atoms with Crippen molar-refractivity contribution in [3.63, 3.8) is 0 Å². The lowest BCUT2D eigenvalue weighted by molar-refractivity contribution is -0.134. The lowest BCUT2D eigenvalue weighted by atomic mass is 10.1. The first-order valence-electron chi connectivity index (χ1n) is 7.22. The quantitative estimate of drug-likeness (QED) is 0.828. The highest BCUT2D eigenvalue weighted by atomic mass is 16.3. The normalized spacial score (nSPS) is 15.2. The number of hydrogen-bond acceptors (Lipinski definition) is 3. The van der Waals surface area contributed by atoms with Crippen molar-refractivity contribution in [3.8, 4) is 0 Å². The van der Waals surface area contributed by atoms with Crippen LogP contribution in [0.3, 0.4) is 0 Å². The van der Waals surface area contributed by atoms with Crippen LogP contribution in [0, 0.1) is 0 Å². The van der Waals surface area contributed by atoms with E-state index < -0.39 is 0 Å². The Hall–Kier alpha value is -1.78. The third-order valence-electron chi connectivity index (χ3n) is 3.68. The second-order valence-corrected chi connectivity index (χ2v) is 5.21. The zero-order valence-corrected chi connectivity index (χ0v) is 12.0. The van der Waals surface area contributed by atoms with Gasteiger partial charge >= 0.3 is 0 Å². The number of nitrogens with zero attached hydrogens (tertiary/aromatic N) is 2. The van der Waals surface area contributed by atoms with E-state index >= 15 is 0 Å². The molecule has 5 nitrogen and oxygen atoms in total. The topological polar surface area (TPSA) is 53.8 Å². The predicted molar refractivity (Wildman–Crippen MR) is 74.8 cm³/mol. The maximum Gasteiger partial charge on any atom is 0.224 e. The van der Waals surface area contributed by atoms with Crippen LogP contribution in [0.5, 0.6) is 0 Å². The highest BCUT2D eigenvalue weighted by Gasteiger charge is 2.18. The van der Waals surface area contributed by atoms with Gasteiger partial charge in [-0.25, -0.2) is 0 Å². The largest absolute Gasteiger partial charge is 0.467 e. The molecule has 1 fully saturated rings. The molecule has 0 aliphatic carbocycles. The van der Waals surface area contributed by atoms with E-state index in [1.807, 2.05) is 11.0 Å². The Morgan fingerprint density at radius 3 is 2.65 bits per heavy atom. The first-order valence-corrected chi connectivity index (χ1v) is 7.22. The molecule has 5 heteroatoms. The molecule has 0 radical (unpaired) electrons. The smallest absolute Gasteiger partial charge is 0.224 e. The fourth-order valence-corrected chi connectivity index (χ4v) is 2.47. The molecule has 0 unspecified atom stereocenters. The van der Waals surface area contributed by atoms with Gasteiger partial charge in [0.15, 0.2) is 0 Å². The van der Waals surface area contributed by atoms with Crippen LogP contribution in [0.4, 0.5) is 0 Å². The Morgan fingerprint density at radius 1 is 1.30 bits per heavy atom. The van der Waals surface area contributed by atoms with Crippen molar-refractivity contribution in [2.24, 2.45) is 0 Å².